The normalized spacial score (nSPS) is 18.0. The molecule has 1 aliphatic rings. The van der Waals surface area contributed by atoms with Crippen LogP contribution in [0.3, 0.4) is 0 Å². The van der Waals surface area contributed by atoms with Gasteiger partial charge in [-0.3, -0.25) is 4.79 Å². The number of hydrogen-bond acceptors (Lipinski definition) is 3. The maximum absolute atomic E-state index is 12.2. The van der Waals surface area contributed by atoms with E-state index in [1.807, 2.05) is 0 Å². The van der Waals surface area contributed by atoms with Gasteiger partial charge in [0.25, 0.3) is 0 Å². The molecule has 1 fully saturated rings. The molecule has 0 spiro atoms. The van der Waals surface area contributed by atoms with Crippen LogP contribution in [0.15, 0.2) is 24.3 Å². The Labute approximate surface area is 126 Å². The van der Waals surface area contributed by atoms with Gasteiger partial charge in [-0.2, -0.15) is 0 Å². The van der Waals surface area contributed by atoms with Crippen molar-refractivity contribution in [1.29, 1.82) is 0 Å². The molecule has 118 valence electrons. The van der Waals surface area contributed by atoms with Gasteiger partial charge in [-0.25, -0.2) is 0 Å². The molecule has 2 N–H and O–H groups in total. The highest BCUT2D eigenvalue weighted by atomic mass is 35.5. The second kappa shape index (κ2) is 7.51. The van der Waals surface area contributed by atoms with E-state index in [9.17, 15) is 18.0 Å². The van der Waals surface area contributed by atoms with Crippen molar-refractivity contribution < 1.29 is 22.7 Å². The number of carbonyl (C=O) groups excluding carboxylic acids is 1. The molecule has 0 radical (unpaired) electrons. The summed E-state index contributed by atoms with van der Waals surface area (Å²) in [5.74, 6) is -0.486. The minimum Gasteiger partial charge on any atom is -0.404 e. The van der Waals surface area contributed by atoms with E-state index in [4.69, 9.17) is 0 Å². The largest absolute Gasteiger partial charge is 0.573 e. The fourth-order valence-corrected chi connectivity index (χ4v) is 2.14. The first-order valence-electron chi connectivity index (χ1n) is 6.29. The number of ether oxygens (including phenoxy) is 1. The summed E-state index contributed by atoms with van der Waals surface area (Å²) in [5.41, 5.74) is 0.0285. The fraction of sp³-hybridized carbons (Fsp3) is 0.462. The molecule has 0 bridgehead atoms. The number of halogens is 4. The number of anilines is 1. The van der Waals surface area contributed by atoms with E-state index >= 15 is 0 Å². The molecular weight excluding hydrogens is 309 g/mol. The van der Waals surface area contributed by atoms with Crippen molar-refractivity contribution in [2.24, 2.45) is 5.92 Å². The molecule has 0 aliphatic carbocycles. The smallest absolute Gasteiger partial charge is 0.404 e. The molecule has 1 aromatic carbocycles. The van der Waals surface area contributed by atoms with Gasteiger partial charge in [0, 0.05) is 6.42 Å². The molecule has 1 aliphatic heterocycles. The summed E-state index contributed by atoms with van der Waals surface area (Å²) in [6.45, 7) is 1.62. The van der Waals surface area contributed by atoms with Crippen molar-refractivity contribution in [2.75, 3.05) is 18.4 Å². The van der Waals surface area contributed by atoms with Crippen LogP contribution in [-0.4, -0.2) is 25.4 Å². The highest BCUT2D eigenvalue weighted by Gasteiger charge is 2.32. The average molecular weight is 325 g/mol. The predicted octanol–water partition coefficient (Wildman–Crippen LogP) is 2.95. The van der Waals surface area contributed by atoms with Crippen LogP contribution in [0.25, 0.3) is 0 Å². The molecule has 8 heteroatoms. The van der Waals surface area contributed by atoms with Crippen molar-refractivity contribution in [3.8, 4) is 5.75 Å². The van der Waals surface area contributed by atoms with Gasteiger partial charge in [-0.1, -0.05) is 12.1 Å². The number of hydrogen-bond donors (Lipinski definition) is 2. The molecule has 0 saturated carbocycles. The van der Waals surface area contributed by atoms with Crippen molar-refractivity contribution in [2.45, 2.75) is 19.2 Å². The summed E-state index contributed by atoms with van der Waals surface area (Å²) in [6, 6.07) is 5.50. The Kier molecular flexibility index (Phi) is 6.29. The van der Waals surface area contributed by atoms with Crippen molar-refractivity contribution in [3.63, 3.8) is 0 Å². The SMILES string of the molecule is Cl.O=C(CC1CCNC1)Nc1ccccc1OC(F)(F)F. The van der Waals surface area contributed by atoms with Crippen LogP contribution in [0.2, 0.25) is 0 Å². The number of amides is 1. The molecule has 1 saturated heterocycles. The van der Waals surface area contributed by atoms with E-state index < -0.39 is 12.1 Å². The first-order valence-corrected chi connectivity index (χ1v) is 6.29. The average Bonchev–Trinajstić information content (AvgIpc) is 2.82. The molecule has 1 aromatic rings. The van der Waals surface area contributed by atoms with E-state index in [-0.39, 0.29) is 36.3 Å². The van der Waals surface area contributed by atoms with E-state index in [1.54, 1.807) is 0 Å². The lowest BCUT2D eigenvalue weighted by Crippen LogP contribution is -2.21. The third-order valence-electron chi connectivity index (χ3n) is 3.02. The number of alkyl halides is 3. The summed E-state index contributed by atoms with van der Waals surface area (Å²) in [6.07, 6.45) is -3.60. The molecule has 2 rings (SSSR count). The Morgan fingerprint density at radius 3 is 2.71 bits per heavy atom. The van der Waals surface area contributed by atoms with Gasteiger partial charge in [-0.05, 0) is 37.6 Å². The first kappa shape index (κ1) is 17.6. The monoisotopic (exact) mass is 324 g/mol. The highest BCUT2D eigenvalue weighted by Crippen LogP contribution is 2.30. The second-order valence-electron chi connectivity index (χ2n) is 4.66. The molecule has 0 aromatic heterocycles. The summed E-state index contributed by atoms with van der Waals surface area (Å²) >= 11 is 0. The molecule has 21 heavy (non-hydrogen) atoms. The Balaban J connectivity index is 0.00000220. The first-order chi connectivity index (χ1) is 9.44. The third-order valence-corrected chi connectivity index (χ3v) is 3.02. The topological polar surface area (TPSA) is 50.4 Å². The van der Waals surface area contributed by atoms with Gasteiger partial charge >= 0.3 is 6.36 Å². The number of rotatable bonds is 4. The van der Waals surface area contributed by atoms with Crippen LogP contribution in [0.5, 0.6) is 5.75 Å². The lowest BCUT2D eigenvalue weighted by Gasteiger charge is -2.14. The van der Waals surface area contributed by atoms with E-state index in [1.165, 1.54) is 24.3 Å². The van der Waals surface area contributed by atoms with Crippen LogP contribution >= 0.6 is 12.4 Å². The zero-order valence-electron chi connectivity index (χ0n) is 11.1. The maximum atomic E-state index is 12.2. The molecule has 1 heterocycles. The fourth-order valence-electron chi connectivity index (χ4n) is 2.14. The zero-order chi connectivity index (χ0) is 14.6. The number of nitrogens with one attached hydrogen (secondary N) is 2. The lowest BCUT2D eigenvalue weighted by molar-refractivity contribution is -0.274. The summed E-state index contributed by atoms with van der Waals surface area (Å²) < 4.78 is 40.6. The van der Waals surface area contributed by atoms with E-state index in [0.29, 0.717) is 0 Å². The van der Waals surface area contributed by atoms with Crippen LogP contribution in [0, 0.1) is 5.92 Å². The van der Waals surface area contributed by atoms with Crippen LogP contribution in [0.4, 0.5) is 18.9 Å². The molecule has 1 atom stereocenters. The second-order valence-corrected chi connectivity index (χ2v) is 4.66. The predicted molar refractivity (Wildman–Crippen MR) is 74.6 cm³/mol. The highest BCUT2D eigenvalue weighted by molar-refractivity contribution is 5.92. The van der Waals surface area contributed by atoms with Gasteiger partial charge < -0.3 is 15.4 Å². The minimum atomic E-state index is -4.78. The van der Waals surface area contributed by atoms with Crippen molar-refractivity contribution in [1.82, 2.24) is 5.32 Å². The summed E-state index contributed by atoms with van der Waals surface area (Å²) in [4.78, 5) is 11.8. The summed E-state index contributed by atoms with van der Waals surface area (Å²) in [7, 11) is 0. The van der Waals surface area contributed by atoms with E-state index in [2.05, 4.69) is 15.4 Å². The van der Waals surface area contributed by atoms with Crippen LogP contribution < -0.4 is 15.4 Å². The molecular formula is C13H16ClF3N2O2. The van der Waals surface area contributed by atoms with Gasteiger partial charge in [0.05, 0.1) is 5.69 Å². The zero-order valence-corrected chi connectivity index (χ0v) is 11.9. The standard InChI is InChI=1S/C13H15F3N2O2.ClH/c14-13(15,16)20-11-4-2-1-3-10(11)18-12(19)7-9-5-6-17-8-9;/h1-4,9,17H,5-8H2,(H,18,19);1H. The number of benzene rings is 1. The molecule has 1 amide bonds. The third kappa shape index (κ3) is 5.81. The maximum Gasteiger partial charge on any atom is 0.573 e. The summed E-state index contributed by atoms with van der Waals surface area (Å²) in [5, 5.41) is 5.60. The lowest BCUT2D eigenvalue weighted by atomic mass is 10.0. The van der Waals surface area contributed by atoms with Crippen molar-refractivity contribution >= 4 is 24.0 Å². The van der Waals surface area contributed by atoms with Crippen LogP contribution in [0.1, 0.15) is 12.8 Å². The Morgan fingerprint density at radius 1 is 1.38 bits per heavy atom. The molecule has 1 unspecified atom stereocenters. The van der Waals surface area contributed by atoms with Crippen LogP contribution in [-0.2, 0) is 4.79 Å². The number of para-hydroxylation sites is 2. The molecule has 4 nitrogen and oxygen atoms in total. The van der Waals surface area contributed by atoms with Crippen molar-refractivity contribution in [3.05, 3.63) is 24.3 Å². The van der Waals surface area contributed by atoms with Gasteiger partial charge in [0.1, 0.15) is 0 Å². The van der Waals surface area contributed by atoms with E-state index in [0.717, 1.165) is 19.5 Å². The Hall–Kier alpha value is -1.47. The van der Waals surface area contributed by atoms with Gasteiger partial charge in [-0.15, -0.1) is 25.6 Å². The van der Waals surface area contributed by atoms with Gasteiger partial charge in [0.2, 0.25) is 5.91 Å². The Bertz CT molecular complexity index is 477. The Morgan fingerprint density at radius 2 is 2.10 bits per heavy atom. The quantitative estimate of drug-likeness (QED) is 0.895. The van der Waals surface area contributed by atoms with Gasteiger partial charge in [0.15, 0.2) is 5.75 Å². The minimum absolute atomic E-state index is 0. The number of carbonyl (C=O) groups is 1.